The third-order valence-electron chi connectivity index (χ3n) is 8.08. The molecule has 0 spiro atoms. The molecule has 38 heavy (non-hydrogen) atoms. The third-order valence-corrected chi connectivity index (χ3v) is 8.08. The molecule has 0 amide bonds. The van der Waals surface area contributed by atoms with Crippen LogP contribution in [0.1, 0.15) is 0 Å². The van der Waals surface area contributed by atoms with Gasteiger partial charge in [0, 0.05) is 82.6 Å². The molecule has 4 heteroatoms. The molecule has 0 aliphatic rings. The molecule has 0 saturated carbocycles. The molecule has 4 aromatic heterocycles. The van der Waals surface area contributed by atoms with Gasteiger partial charge in [-0.3, -0.25) is 9.97 Å². The normalized spacial score (nSPS) is 11.9. The van der Waals surface area contributed by atoms with Crippen molar-refractivity contribution in [2.45, 2.75) is 0 Å². The molecule has 0 saturated heterocycles. The number of benzene rings is 4. The number of hydrogen-bond donors (Lipinski definition) is 0. The van der Waals surface area contributed by atoms with Crippen molar-refractivity contribution in [3.63, 3.8) is 0 Å². The number of aromatic nitrogens is 4. The quantitative estimate of drug-likeness (QED) is 0.246. The molecule has 0 atom stereocenters. The summed E-state index contributed by atoms with van der Waals surface area (Å²) in [5.41, 5.74) is 9.58. The fourth-order valence-electron chi connectivity index (χ4n) is 6.32. The van der Waals surface area contributed by atoms with Crippen LogP contribution in [-0.4, -0.2) is 19.1 Å². The lowest BCUT2D eigenvalue weighted by Crippen LogP contribution is -1.93. The predicted octanol–water partition coefficient (Wildman–Crippen LogP) is 8.25. The summed E-state index contributed by atoms with van der Waals surface area (Å²) in [4.78, 5) is 8.68. The first-order valence-electron chi connectivity index (χ1n) is 12.9. The summed E-state index contributed by atoms with van der Waals surface area (Å²) in [5.74, 6) is 0. The lowest BCUT2D eigenvalue weighted by atomic mass is 9.97. The van der Waals surface area contributed by atoms with Crippen molar-refractivity contribution in [2.24, 2.45) is 14.1 Å². The Balaban J connectivity index is 1.54. The van der Waals surface area contributed by atoms with Gasteiger partial charge in [-0.1, -0.05) is 60.7 Å². The van der Waals surface area contributed by atoms with Crippen LogP contribution >= 0.6 is 0 Å². The van der Waals surface area contributed by atoms with Crippen LogP contribution in [0.25, 0.3) is 76.6 Å². The van der Waals surface area contributed by atoms with Gasteiger partial charge >= 0.3 is 0 Å². The van der Waals surface area contributed by atoms with Crippen LogP contribution < -0.4 is 0 Å². The van der Waals surface area contributed by atoms with Crippen molar-refractivity contribution in [2.75, 3.05) is 0 Å². The molecule has 4 heterocycles. The van der Waals surface area contributed by atoms with Crippen LogP contribution in [0.5, 0.6) is 0 Å². The largest absolute Gasteiger partial charge is 0.342 e. The van der Waals surface area contributed by atoms with Crippen LogP contribution in [0, 0.1) is 0 Å². The van der Waals surface area contributed by atoms with Gasteiger partial charge in [0.15, 0.2) is 0 Å². The predicted molar refractivity (Wildman–Crippen MR) is 158 cm³/mol. The van der Waals surface area contributed by atoms with Crippen LogP contribution in [0.15, 0.2) is 110 Å². The second-order valence-electron chi connectivity index (χ2n) is 10.1. The Morgan fingerprint density at radius 3 is 1.37 bits per heavy atom. The van der Waals surface area contributed by atoms with Gasteiger partial charge in [0.2, 0.25) is 0 Å². The van der Waals surface area contributed by atoms with Gasteiger partial charge in [-0.05, 0) is 46.2 Å². The Labute approximate surface area is 219 Å². The van der Waals surface area contributed by atoms with Crippen LogP contribution in [0.2, 0.25) is 0 Å². The molecule has 4 aromatic carbocycles. The van der Waals surface area contributed by atoms with E-state index in [2.05, 4.69) is 106 Å². The van der Waals surface area contributed by atoms with Crippen LogP contribution in [0.3, 0.4) is 0 Å². The van der Waals surface area contributed by atoms with Crippen molar-refractivity contribution >= 4 is 54.4 Å². The highest BCUT2D eigenvalue weighted by Crippen LogP contribution is 2.45. The number of pyridine rings is 2. The highest BCUT2D eigenvalue weighted by molar-refractivity contribution is 6.35. The van der Waals surface area contributed by atoms with E-state index in [0.717, 1.165) is 11.1 Å². The topological polar surface area (TPSA) is 35.6 Å². The average molecular weight is 489 g/mol. The van der Waals surface area contributed by atoms with Crippen molar-refractivity contribution in [1.82, 2.24) is 19.1 Å². The summed E-state index contributed by atoms with van der Waals surface area (Å²) < 4.78 is 4.75. The second kappa shape index (κ2) is 7.77. The minimum Gasteiger partial charge on any atom is -0.342 e. The minimum absolute atomic E-state index is 1.13. The zero-order valence-electron chi connectivity index (χ0n) is 21.2. The summed E-state index contributed by atoms with van der Waals surface area (Å²) in [6.45, 7) is 0. The fraction of sp³-hybridized carbons (Fsp3) is 0.0588. The Morgan fingerprint density at radius 2 is 0.947 bits per heavy atom. The van der Waals surface area contributed by atoms with Crippen molar-refractivity contribution in [3.8, 4) is 22.3 Å². The smallest absolute Gasteiger partial charge is 0.0742 e. The standard InChI is InChI=1S/C34H24N4/c1-37-29-17-21(23-7-5-15-35-19-23)11-13-27(29)31-25-9-3-4-10-26(25)32-28-14-12-22(24-8-6-16-36-20-24)18-30(28)38(2)34(32)33(31)37/h3-20H,1-2H3. The Hall–Kier alpha value is -4.96. The molecule has 0 bridgehead atoms. The Morgan fingerprint density at radius 1 is 0.474 bits per heavy atom. The van der Waals surface area contributed by atoms with Crippen LogP contribution in [-0.2, 0) is 14.1 Å². The summed E-state index contributed by atoms with van der Waals surface area (Å²) in [6.07, 6.45) is 7.51. The van der Waals surface area contributed by atoms with Gasteiger partial charge in [0.1, 0.15) is 0 Å². The van der Waals surface area contributed by atoms with Gasteiger partial charge in [0.05, 0.1) is 11.0 Å². The minimum atomic E-state index is 1.13. The van der Waals surface area contributed by atoms with E-state index >= 15 is 0 Å². The van der Waals surface area contributed by atoms with Gasteiger partial charge in [-0.15, -0.1) is 0 Å². The number of aryl methyl sites for hydroxylation is 2. The molecule has 0 unspecified atom stereocenters. The van der Waals surface area contributed by atoms with Gasteiger partial charge in [-0.2, -0.15) is 0 Å². The average Bonchev–Trinajstić information content (AvgIpc) is 3.44. The highest BCUT2D eigenvalue weighted by atomic mass is 15.0. The van der Waals surface area contributed by atoms with Crippen molar-refractivity contribution in [3.05, 3.63) is 110 Å². The first kappa shape index (κ1) is 21.2. The Kier molecular flexibility index (Phi) is 4.32. The first-order chi connectivity index (χ1) is 18.7. The molecular formula is C34H24N4. The summed E-state index contributed by atoms with van der Waals surface area (Å²) >= 11 is 0. The van der Waals surface area contributed by atoms with E-state index in [1.54, 1.807) is 0 Å². The molecule has 0 aliphatic carbocycles. The maximum atomic E-state index is 4.34. The number of nitrogens with zero attached hydrogens (tertiary/aromatic N) is 4. The van der Waals surface area contributed by atoms with Gasteiger partial charge < -0.3 is 9.13 Å². The highest BCUT2D eigenvalue weighted by Gasteiger charge is 2.21. The fourth-order valence-corrected chi connectivity index (χ4v) is 6.32. The molecule has 0 aliphatic heterocycles. The molecular weight excluding hydrogens is 464 g/mol. The van der Waals surface area contributed by atoms with Gasteiger partial charge in [0.25, 0.3) is 0 Å². The molecule has 0 radical (unpaired) electrons. The summed E-state index contributed by atoms with van der Waals surface area (Å²) in [5, 5.41) is 7.74. The maximum absolute atomic E-state index is 4.34. The monoisotopic (exact) mass is 488 g/mol. The zero-order chi connectivity index (χ0) is 25.4. The molecule has 180 valence electrons. The lowest BCUT2D eigenvalue weighted by Gasteiger charge is -2.08. The first-order valence-corrected chi connectivity index (χ1v) is 12.9. The SMILES string of the molecule is Cn1c2cc(-c3cccnc3)ccc2c2c3ccccc3c3c4ccc(-c5cccnc5)cc4n(C)c3c21. The van der Waals surface area contributed by atoms with Gasteiger partial charge in [-0.25, -0.2) is 0 Å². The molecule has 0 N–H and O–H groups in total. The second-order valence-corrected chi connectivity index (χ2v) is 10.1. The summed E-state index contributed by atoms with van der Waals surface area (Å²) in [6, 6.07) is 30.7. The van der Waals surface area contributed by atoms with E-state index in [1.807, 2.05) is 36.9 Å². The van der Waals surface area contributed by atoms with E-state index in [9.17, 15) is 0 Å². The van der Waals surface area contributed by atoms with E-state index in [1.165, 1.54) is 65.5 Å². The summed E-state index contributed by atoms with van der Waals surface area (Å²) in [7, 11) is 4.40. The Bertz CT molecular complexity index is 2030. The molecule has 8 rings (SSSR count). The zero-order valence-corrected chi connectivity index (χ0v) is 21.2. The van der Waals surface area contributed by atoms with Crippen LogP contribution in [0.4, 0.5) is 0 Å². The van der Waals surface area contributed by atoms with E-state index < -0.39 is 0 Å². The van der Waals surface area contributed by atoms with E-state index in [4.69, 9.17) is 0 Å². The molecule has 8 aromatic rings. The van der Waals surface area contributed by atoms with E-state index in [0.29, 0.717) is 0 Å². The van der Waals surface area contributed by atoms with Crippen molar-refractivity contribution in [1.29, 1.82) is 0 Å². The third kappa shape index (κ3) is 2.80. The maximum Gasteiger partial charge on any atom is 0.0742 e. The number of rotatable bonds is 2. The molecule has 4 nitrogen and oxygen atoms in total. The lowest BCUT2D eigenvalue weighted by molar-refractivity contribution is 0.987. The van der Waals surface area contributed by atoms with E-state index in [-0.39, 0.29) is 0 Å². The number of fused-ring (bicyclic) bond motifs is 10. The molecule has 0 fully saturated rings. The van der Waals surface area contributed by atoms with Crippen molar-refractivity contribution < 1.29 is 0 Å². The number of hydrogen-bond acceptors (Lipinski definition) is 2.